The van der Waals surface area contributed by atoms with Gasteiger partial charge in [0.2, 0.25) is 0 Å². The summed E-state index contributed by atoms with van der Waals surface area (Å²) in [5, 5.41) is 4.32. The molecule has 1 saturated heterocycles. The van der Waals surface area contributed by atoms with Crippen molar-refractivity contribution in [3.63, 3.8) is 0 Å². The normalized spacial score (nSPS) is 15.5. The molecular formula is C24H29N3O2S. The summed E-state index contributed by atoms with van der Waals surface area (Å²) in [5.74, 6) is 0.851. The van der Waals surface area contributed by atoms with Gasteiger partial charge in [-0.2, -0.15) is 0 Å². The molecule has 1 N–H and O–H groups in total. The maximum atomic E-state index is 13.2. The van der Waals surface area contributed by atoms with Gasteiger partial charge in [-0.25, -0.2) is 4.98 Å². The van der Waals surface area contributed by atoms with Gasteiger partial charge in [-0.3, -0.25) is 9.69 Å². The summed E-state index contributed by atoms with van der Waals surface area (Å²) < 4.78 is 5.62. The number of ether oxygens (including phenoxy) is 1. The van der Waals surface area contributed by atoms with Gasteiger partial charge in [0.25, 0.3) is 5.91 Å². The number of amides is 1. The van der Waals surface area contributed by atoms with E-state index in [-0.39, 0.29) is 11.9 Å². The Morgan fingerprint density at radius 2 is 1.97 bits per heavy atom. The van der Waals surface area contributed by atoms with Gasteiger partial charge < -0.3 is 10.1 Å². The van der Waals surface area contributed by atoms with Gasteiger partial charge in [0, 0.05) is 23.2 Å². The molecule has 1 aliphatic heterocycles. The van der Waals surface area contributed by atoms with Crippen molar-refractivity contribution in [1.82, 2.24) is 15.2 Å². The molecular weight excluding hydrogens is 394 g/mol. The molecule has 1 amide bonds. The number of nitrogens with one attached hydrogen (secondary N) is 1. The molecule has 2 aromatic heterocycles. The molecule has 0 radical (unpaired) electrons. The van der Waals surface area contributed by atoms with Crippen LogP contribution in [0.2, 0.25) is 0 Å². The molecule has 158 valence electrons. The second-order valence-electron chi connectivity index (χ2n) is 8.03. The number of hydrogen-bond acceptors (Lipinski definition) is 5. The van der Waals surface area contributed by atoms with Crippen molar-refractivity contribution >= 4 is 27.5 Å². The summed E-state index contributed by atoms with van der Waals surface area (Å²) >= 11 is 1.49. The van der Waals surface area contributed by atoms with E-state index in [1.54, 1.807) is 7.11 Å². The van der Waals surface area contributed by atoms with Crippen LogP contribution in [-0.2, 0) is 0 Å². The largest absolute Gasteiger partial charge is 0.496 e. The fourth-order valence-electron chi connectivity index (χ4n) is 4.54. The van der Waals surface area contributed by atoms with Crippen LogP contribution in [0.4, 0.5) is 0 Å². The Bertz CT molecular complexity index is 1070. The van der Waals surface area contributed by atoms with Gasteiger partial charge in [0.15, 0.2) is 0 Å². The third kappa shape index (κ3) is 3.94. The lowest BCUT2D eigenvalue weighted by Crippen LogP contribution is -2.37. The van der Waals surface area contributed by atoms with Crippen LogP contribution in [0, 0.1) is 20.8 Å². The first kappa shape index (κ1) is 20.8. The molecule has 5 nitrogen and oxygen atoms in total. The summed E-state index contributed by atoms with van der Waals surface area (Å²) in [7, 11) is 1.70. The van der Waals surface area contributed by atoms with Crippen LogP contribution in [0.5, 0.6) is 5.75 Å². The maximum Gasteiger partial charge on any atom is 0.261 e. The molecule has 1 aromatic carbocycles. The summed E-state index contributed by atoms with van der Waals surface area (Å²) in [4.78, 5) is 21.9. The molecule has 3 heterocycles. The summed E-state index contributed by atoms with van der Waals surface area (Å²) in [5.41, 5.74) is 4.31. The Morgan fingerprint density at radius 3 is 2.70 bits per heavy atom. The quantitative estimate of drug-likeness (QED) is 0.619. The first-order valence-electron chi connectivity index (χ1n) is 10.5. The van der Waals surface area contributed by atoms with Crippen molar-refractivity contribution in [3.8, 4) is 5.75 Å². The molecule has 3 aromatic rings. The number of carbonyl (C=O) groups is 1. The molecule has 1 unspecified atom stereocenters. The predicted octanol–water partition coefficient (Wildman–Crippen LogP) is 4.80. The van der Waals surface area contributed by atoms with Crippen molar-refractivity contribution in [1.29, 1.82) is 0 Å². The number of aromatic nitrogens is 1. The smallest absolute Gasteiger partial charge is 0.261 e. The minimum absolute atomic E-state index is 0.0216. The van der Waals surface area contributed by atoms with E-state index in [1.165, 1.54) is 29.7 Å². The Morgan fingerprint density at radius 1 is 1.23 bits per heavy atom. The standard InChI is InChI=1S/C24H29N3O2S/c1-15-13-16(2)26-24-21(15)17(3)22(30-24)23(28)25-14-19(27-11-7-8-12-27)18-9-5-6-10-20(18)29-4/h5-6,9-10,13,19H,7-8,11-12,14H2,1-4H3,(H,25,28). The lowest BCUT2D eigenvalue weighted by Gasteiger charge is -2.29. The van der Waals surface area contributed by atoms with E-state index in [9.17, 15) is 4.79 Å². The number of benzene rings is 1. The first-order valence-corrected chi connectivity index (χ1v) is 11.3. The number of nitrogens with zero attached hydrogens (tertiary/aromatic N) is 2. The Hall–Kier alpha value is -2.44. The van der Waals surface area contributed by atoms with Gasteiger partial charge >= 0.3 is 0 Å². The number of likely N-dealkylation sites (tertiary alicyclic amines) is 1. The van der Waals surface area contributed by atoms with Crippen LogP contribution in [0.1, 0.15) is 50.9 Å². The van der Waals surface area contributed by atoms with Crippen molar-refractivity contribution in [2.75, 3.05) is 26.7 Å². The van der Waals surface area contributed by atoms with Crippen LogP contribution < -0.4 is 10.1 Å². The third-order valence-electron chi connectivity index (χ3n) is 5.97. The minimum Gasteiger partial charge on any atom is -0.496 e. The lowest BCUT2D eigenvalue weighted by atomic mass is 10.0. The van der Waals surface area contributed by atoms with Crippen molar-refractivity contribution in [2.24, 2.45) is 0 Å². The zero-order valence-electron chi connectivity index (χ0n) is 18.1. The summed E-state index contributed by atoms with van der Waals surface area (Å²) in [6, 6.07) is 10.3. The molecule has 0 saturated carbocycles. The maximum absolute atomic E-state index is 13.2. The average molecular weight is 424 g/mol. The highest BCUT2D eigenvalue weighted by molar-refractivity contribution is 7.20. The number of hydrogen-bond donors (Lipinski definition) is 1. The first-order chi connectivity index (χ1) is 14.5. The third-order valence-corrected chi connectivity index (χ3v) is 7.15. The van der Waals surface area contributed by atoms with Crippen molar-refractivity contribution in [3.05, 3.63) is 57.6 Å². The molecule has 0 bridgehead atoms. The Kier molecular flexibility index (Phi) is 6.06. The van der Waals surface area contributed by atoms with Crippen LogP contribution >= 0.6 is 11.3 Å². The van der Waals surface area contributed by atoms with E-state index in [0.717, 1.165) is 50.8 Å². The molecule has 4 rings (SSSR count). The highest BCUT2D eigenvalue weighted by Gasteiger charge is 2.27. The molecule has 0 spiro atoms. The second-order valence-corrected chi connectivity index (χ2v) is 9.03. The van der Waals surface area contributed by atoms with E-state index in [2.05, 4.69) is 34.3 Å². The van der Waals surface area contributed by atoms with Gasteiger partial charge in [-0.05, 0) is 70.0 Å². The molecule has 1 atom stereocenters. The number of pyridine rings is 1. The van der Waals surface area contributed by atoms with Crippen molar-refractivity contribution in [2.45, 2.75) is 39.7 Å². The van der Waals surface area contributed by atoms with E-state index < -0.39 is 0 Å². The average Bonchev–Trinajstić information content (AvgIpc) is 3.36. The van der Waals surface area contributed by atoms with Gasteiger partial charge in [0.05, 0.1) is 18.0 Å². The summed E-state index contributed by atoms with van der Waals surface area (Å²) in [6.45, 7) is 8.75. The van der Waals surface area contributed by atoms with Crippen molar-refractivity contribution < 1.29 is 9.53 Å². The fraction of sp³-hybridized carbons (Fsp3) is 0.417. The highest BCUT2D eigenvalue weighted by Crippen LogP contribution is 2.33. The van der Waals surface area contributed by atoms with Gasteiger partial charge in [-0.1, -0.05) is 18.2 Å². The molecule has 0 aliphatic carbocycles. The van der Waals surface area contributed by atoms with E-state index >= 15 is 0 Å². The Balaban J connectivity index is 1.59. The molecule has 1 aliphatic rings. The topological polar surface area (TPSA) is 54.5 Å². The van der Waals surface area contributed by atoms with Gasteiger partial charge in [-0.15, -0.1) is 11.3 Å². The number of fused-ring (bicyclic) bond motifs is 1. The zero-order valence-corrected chi connectivity index (χ0v) is 18.9. The second kappa shape index (κ2) is 8.74. The van der Waals surface area contributed by atoms with Gasteiger partial charge in [0.1, 0.15) is 10.6 Å². The summed E-state index contributed by atoms with van der Waals surface area (Å²) in [6.07, 6.45) is 2.39. The number of para-hydroxylation sites is 1. The molecule has 1 fully saturated rings. The van der Waals surface area contributed by atoms with E-state index in [4.69, 9.17) is 4.74 Å². The van der Waals surface area contributed by atoms with Crippen LogP contribution in [0.25, 0.3) is 10.2 Å². The number of carbonyl (C=O) groups excluding carboxylic acids is 1. The van der Waals surface area contributed by atoms with Crippen LogP contribution in [0.3, 0.4) is 0 Å². The lowest BCUT2D eigenvalue weighted by molar-refractivity contribution is 0.0941. The predicted molar refractivity (Wildman–Crippen MR) is 123 cm³/mol. The Labute approximate surface area is 182 Å². The zero-order chi connectivity index (χ0) is 21.3. The minimum atomic E-state index is -0.0216. The SMILES string of the molecule is COc1ccccc1C(CNC(=O)c1sc2nc(C)cc(C)c2c1C)N1CCCC1. The molecule has 6 heteroatoms. The number of thiophene rings is 1. The number of rotatable bonds is 6. The molecule has 30 heavy (non-hydrogen) atoms. The van der Waals surface area contributed by atoms with Crippen LogP contribution in [0.15, 0.2) is 30.3 Å². The monoisotopic (exact) mass is 423 g/mol. The number of methoxy groups -OCH3 is 1. The fourth-order valence-corrected chi connectivity index (χ4v) is 5.76. The highest BCUT2D eigenvalue weighted by atomic mass is 32.1. The number of aryl methyl sites for hydroxylation is 3. The van der Waals surface area contributed by atoms with E-state index in [0.29, 0.717) is 6.54 Å². The van der Waals surface area contributed by atoms with Crippen LogP contribution in [-0.4, -0.2) is 42.5 Å². The van der Waals surface area contributed by atoms with E-state index in [1.807, 2.05) is 32.0 Å².